The monoisotopic (exact) mass is 395 g/mol. The van der Waals surface area contributed by atoms with Gasteiger partial charge in [0, 0.05) is 44.5 Å². The van der Waals surface area contributed by atoms with Crippen LogP contribution in [0.4, 0.5) is 10.5 Å². The van der Waals surface area contributed by atoms with E-state index in [9.17, 15) is 4.79 Å². The Morgan fingerprint density at radius 1 is 1.07 bits per heavy atom. The van der Waals surface area contributed by atoms with Crippen molar-refractivity contribution in [2.24, 2.45) is 4.99 Å². The fourth-order valence-electron chi connectivity index (χ4n) is 3.32. The molecule has 1 aliphatic rings. The van der Waals surface area contributed by atoms with E-state index in [4.69, 9.17) is 4.74 Å². The van der Waals surface area contributed by atoms with E-state index in [-0.39, 0.29) is 6.03 Å². The van der Waals surface area contributed by atoms with Gasteiger partial charge in [0.2, 0.25) is 0 Å². The molecule has 0 radical (unpaired) electrons. The average molecular weight is 396 g/mol. The smallest absolute Gasteiger partial charge is 0.321 e. The van der Waals surface area contributed by atoms with Gasteiger partial charge in [-0.1, -0.05) is 30.3 Å². The van der Waals surface area contributed by atoms with Crippen molar-refractivity contribution < 1.29 is 9.53 Å². The van der Waals surface area contributed by atoms with Crippen LogP contribution in [0.5, 0.6) is 5.75 Å². The van der Waals surface area contributed by atoms with Gasteiger partial charge in [-0.3, -0.25) is 4.99 Å². The SMILES string of the molecule is CN=C(NCc1cccc(NC(=O)N2CCCC2)c1)NCc1ccccc1OC. The summed E-state index contributed by atoms with van der Waals surface area (Å²) in [6.07, 6.45) is 2.16. The van der Waals surface area contributed by atoms with Crippen molar-refractivity contribution in [3.8, 4) is 5.75 Å². The van der Waals surface area contributed by atoms with Crippen molar-refractivity contribution in [2.75, 3.05) is 32.6 Å². The highest BCUT2D eigenvalue weighted by Crippen LogP contribution is 2.17. The number of ether oxygens (including phenoxy) is 1. The van der Waals surface area contributed by atoms with Crippen LogP contribution in [0.1, 0.15) is 24.0 Å². The molecule has 0 spiro atoms. The van der Waals surface area contributed by atoms with Crippen molar-refractivity contribution in [1.29, 1.82) is 0 Å². The quantitative estimate of drug-likeness (QED) is 0.519. The second kappa shape index (κ2) is 10.4. The molecule has 29 heavy (non-hydrogen) atoms. The zero-order valence-corrected chi connectivity index (χ0v) is 17.1. The number of hydrogen-bond acceptors (Lipinski definition) is 3. The highest BCUT2D eigenvalue weighted by atomic mass is 16.5. The molecule has 0 atom stereocenters. The van der Waals surface area contributed by atoms with Crippen LogP contribution in [0.2, 0.25) is 0 Å². The van der Waals surface area contributed by atoms with Gasteiger partial charge in [0.15, 0.2) is 5.96 Å². The maximum atomic E-state index is 12.3. The van der Waals surface area contributed by atoms with Crippen molar-refractivity contribution in [3.63, 3.8) is 0 Å². The third-order valence-corrected chi connectivity index (χ3v) is 4.89. The summed E-state index contributed by atoms with van der Waals surface area (Å²) in [6, 6.07) is 15.7. The topological polar surface area (TPSA) is 78.0 Å². The summed E-state index contributed by atoms with van der Waals surface area (Å²) >= 11 is 0. The second-order valence-electron chi connectivity index (χ2n) is 6.92. The van der Waals surface area contributed by atoms with Crippen molar-refractivity contribution in [2.45, 2.75) is 25.9 Å². The Hall–Kier alpha value is -3.22. The standard InChI is InChI=1S/C22H29N5O2/c1-23-21(25-16-18-9-3-4-11-20(18)29-2)24-15-17-8-7-10-19(14-17)26-22(28)27-12-5-6-13-27/h3-4,7-11,14H,5-6,12-13,15-16H2,1-2H3,(H,26,28)(H2,23,24,25). The Bertz CT molecular complexity index is 847. The van der Waals surface area contributed by atoms with Crippen LogP contribution in [0, 0.1) is 0 Å². The van der Waals surface area contributed by atoms with Crippen LogP contribution in [0.25, 0.3) is 0 Å². The van der Waals surface area contributed by atoms with Gasteiger partial charge in [-0.05, 0) is 36.6 Å². The first-order valence-corrected chi connectivity index (χ1v) is 9.91. The Morgan fingerprint density at radius 2 is 1.83 bits per heavy atom. The number of nitrogens with zero attached hydrogens (tertiary/aromatic N) is 2. The molecule has 0 bridgehead atoms. The number of hydrogen-bond donors (Lipinski definition) is 3. The van der Waals surface area contributed by atoms with Gasteiger partial charge in [0.25, 0.3) is 0 Å². The summed E-state index contributed by atoms with van der Waals surface area (Å²) in [7, 11) is 3.41. The Labute approximate surface area is 172 Å². The number of nitrogens with one attached hydrogen (secondary N) is 3. The molecule has 2 aromatic rings. The number of carbonyl (C=O) groups excluding carboxylic acids is 1. The number of methoxy groups -OCH3 is 1. The minimum atomic E-state index is -0.0260. The van der Waals surface area contributed by atoms with E-state index < -0.39 is 0 Å². The van der Waals surface area contributed by atoms with E-state index in [2.05, 4.69) is 20.9 Å². The molecule has 0 aromatic heterocycles. The molecule has 0 aliphatic carbocycles. The van der Waals surface area contributed by atoms with Gasteiger partial charge in [-0.2, -0.15) is 0 Å². The molecule has 0 saturated carbocycles. The molecule has 0 unspecified atom stereocenters. The molecule has 3 rings (SSSR count). The molecule has 154 valence electrons. The predicted molar refractivity (Wildman–Crippen MR) is 116 cm³/mol. The van der Waals surface area contributed by atoms with Gasteiger partial charge in [0.1, 0.15) is 5.75 Å². The first kappa shape index (κ1) is 20.5. The number of amides is 2. The first-order valence-electron chi connectivity index (χ1n) is 9.91. The lowest BCUT2D eigenvalue weighted by atomic mass is 10.2. The van der Waals surface area contributed by atoms with E-state index in [1.807, 2.05) is 53.4 Å². The Kier molecular flexibility index (Phi) is 7.33. The number of rotatable bonds is 6. The molecule has 1 heterocycles. The predicted octanol–water partition coefficient (Wildman–Crippen LogP) is 3.19. The summed E-state index contributed by atoms with van der Waals surface area (Å²) in [6.45, 7) is 2.87. The molecule has 7 nitrogen and oxygen atoms in total. The van der Waals surface area contributed by atoms with Crippen LogP contribution >= 0.6 is 0 Å². The molecule has 2 amide bonds. The van der Waals surface area contributed by atoms with Crippen LogP contribution in [0.15, 0.2) is 53.5 Å². The number of anilines is 1. The maximum absolute atomic E-state index is 12.3. The van der Waals surface area contributed by atoms with Gasteiger partial charge in [0.05, 0.1) is 7.11 Å². The molecule has 1 aliphatic heterocycles. The fourth-order valence-corrected chi connectivity index (χ4v) is 3.32. The van der Waals surface area contributed by atoms with E-state index in [1.54, 1.807) is 14.2 Å². The van der Waals surface area contributed by atoms with E-state index in [0.717, 1.165) is 48.5 Å². The van der Waals surface area contributed by atoms with Gasteiger partial charge in [-0.25, -0.2) is 4.79 Å². The van der Waals surface area contributed by atoms with Crippen molar-refractivity contribution >= 4 is 17.7 Å². The number of urea groups is 1. The molecule has 2 aromatic carbocycles. The highest BCUT2D eigenvalue weighted by molar-refractivity contribution is 5.89. The van der Waals surface area contributed by atoms with E-state index >= 15 is 0 Å². The van der Waals surface area contributed by atoms with Crippen LogP contribution in [-0.4, -0.2) is 44.1 Å². The van der Waals surface area contributed by atoms with E-state index in [1.165, 1.54) is 0 Å². The molecular weight excluding hydrogens is 366 g/mol. The first-order chi connectivity index (χ1) is 14.2. The summed E-state index contributed by atoms with van der Waals surface area (Å²) in [5.41, 5.74) is 2.92. The largest absolute Gasteiger partial charge is 0.496 e. The summed E-state index contributed by atoms with van der Waals surface area (Å²) in [4.78, 5) is 18.4. The fraction of sp³-hybridized carbons (Fsp3) is 0.364. The van der Waals surface area contributed by atoms with Gasteiger partial charge in [-0.15, -0.1) is 0 Å². The van der Waals surface area contributed by atoms with Gasteiger partial charge < -0.3 is 25.6 Å². The Morgan fingerprint density at radius 3 is 2.59 bits per heavy atom. The number of aliphatic imine (C=N–C) groups is 1. The van der Waals surface area contributed by atoms with Crippen LogP contribution < -0.4 is 20.7 Å². The Balaban J connectivity index is 1.52. The summed E-state index contributed by atoms with van der Waals surface area (Å²) in [5, 5.41) is 9.59. The lowest BCUT2D eigenvalue weighted by Crippen LogP contribution is -2.36. The summed E-state index contributed by atoms with van der Waals surface area (Å²) < 4.78 is 5.38. The molecule has 3 N–H and O–H groups in total. The van der Waals surface area contributed by atoms with E-state index in [0.29, 0.717) is 19.0 Å². The normalized spacial score (nSPS) is 13.9. The summed E-state index contributed by atoms with van der Waals surface area (Å²) in [5.74, 6) is 1.54. The number of likely N-dealkylation sites (tertiary alicyclic amines) is 1. The number of para-hydroxylation sites is 1. The number of guanidine groups is 1. The molecule has 7 heteroatoms. The maximum Gasteiger partial charge on any atom is 0.321 e. The van der Waals surface area contributed by atoms with Crippen molar-refractivity contribution in [3.05, 3.63) is 59.7 Å². The average Bonchev–Trinajstić information content (AvgIpc) is 3.29. The third-order valence-electron chi connectivity index (χ3n) is 4.89. The second-order valence-corrected chi connectivity index (χ2v) is 6.92. The van der Waals surface area contributed by atoms with Gasteiger partial charge >= 0.3 is 6.03 Å². The third kappa shape index (κ3) is 5.88. The molecular formula is C22H29N5O2. The molecule has 1 fully saturated rings. The lowest BCUT2D eigenvalue weighted by molar-refractivity contribution is 0.222. The molecule has 1 saturated heterocycles. The van der Waals surface area contributed by atoms with Crippen LogP contribution in [-0.2, 0) is 13.1 Å². The zero-order chi connectivity index (χ0) is 20.5. The minimum absolute atomic E-state index is 0.0260. The van der Waals surface area contributed by atoms with Crippen LogP contribution in [0.3, 0.4) is 0 Å². The zero-order valence-electron chi connectivity index (χ0n) is 17.1. The van der Waals surface area contributed by atoms with Crippen molar-refractivity contribution in [1.82, 2.24) is 15.5 Å². The highest BCUT2D eigenvalue weighted by Gasteiger charge is 2.17. The lowest BCUT2D eigenvalue weighted by Gasteiger charge is -2.17. The minimum Gasteiger partial charge on any atom is -0.496 e. The number of benzene rings is 2. The number of carbonyl (C=O) groups is 1.